The zero-order valence-corrected chi connectivity index (χ0v) is 9.76. The summed E-state index contributed by atoms with van der Waals surface area (Å²) in [7, 11) is 0. The van der Waals surface area contributed by atoms with Gasteiger partial charge in [0.05, 0.1) is 0 Å². The van der Waals surface area contributed by atoms with Gasteiger partial charge in [-0.3, -0.25) is 0 Å². The third kappa shape index (κ3) is 4.14. The van der Waals surface area contributed by atoms with Crippen LogP contribution in [0.15, 0.2) is 18.2 Å². The van der Waals surface area contributed by atoms with Crippen molar-refractivity contribution in [2.24, 2.45) is 0 Å². The smallest absolute Gasteiger partial charge is 0.167 e. The number of halogens is 2. The summed E-state index contributed by atoms with van der Waals surface area (Å²) in [5, 5.41) is 3.22. The zero-order chi connectivity index (χ0) is 12.1. The minimum absolute atomic E-state index is 0.0822. The lowest BCUT2D eigenvalue weighted by molar-refractivity contribution is 0.255. The van der Waals surface area contributed by atoms with Crippen molar-refractivity contribution in [2.45, 2.75) is 32.9 Å². The third-order valence-electron chi connectivity index (χ3n) is 2.00. The number of ether oxygens (including phenoxy) is 1. The van der Waals surface area contributed by atoms with Crippen molar-refractivity contribution >= 4 is 0 Å². The van der Waals surface area contributed by atoms with Gasteiger partial charge in [-0.05, 0) is 19.1 Å². The van der Waals surface area contributed by atoms with Crippen molar-refractivity contribution < 1.29 is 13.5 Å². The Morgan fingerprint density at radius 2 is 1.94 bits per heavy atom. The van der Waals surface area contributed by atoms with E-state index in [9.17, 15) is 8.78 Å². The van der Waals surface area contributed by atoms with E-state index in [0.717, 1.165) is 6.07 Å². The van der Waals surface area contributed by atoms with Crippen LogP contribution < -0.4 is 10.1 Å². The first-order chi connectivity index (χ1) is 7.49. The topological polar surface area (TPSA) is 21.3 Å². The monoisotopic (exact) mass is 229 g/mol. The van der Waals surface area contributed by atoms with E-state index in [1.807, 2.05) is 20.8 Å². The molecule has 16 heavy (non-hydrogen) atoms. The van der Waals surface area contributed by atoms with Crippen molar-refractivity contribution in [3.63, 3.8) is 0 Å². The summed E-state index contributed by atoms with van der Waals surface area (Å²) in [6.07, 6.45) is 0. The average molecular weight is 229 g/mol. The maximum atomic E-state index is 13.2. The van der Waals surface area contributed by atoms with Gasteiger partial charge in [0, 0.05) is 18.2 Å². The summed E-state index contributed by atoms with van der Waals surface area (Å²) >= 11 is 0. The highest BCUT2D eigenvalue weighted by Crippen LogP contribution is 2.17. The Kier molecular flexibility index (Phi) is 4.68. The van der Waals surface area contributed by atoms with Crippen LogP contribution in [0.5, 0.6) is 5.75 Å². The zero-order valence-electron chi connectivity index (χ0n) is 9.76. The summed E-state index contributed by atoms with van der Waals surface area (Å²) in [5.74, 6) is -1.19. The number of hydrogen-bond acceptors (Lipinski definition) is 2. The van der Waals surface area contributed by atoms with E-state index in [4.69, 9.17) is 4.74 Å². The SMILES string of the molecule is CC(C)NC(C)COc1ccc(F)cc1F. The summed E-state index contributed by atoms with van der Waals surface area (Å²) in [6, 6.07) is 3.75. The minimum atomic E-state index is -0.670. The number of nitrogens with one attached hydrogen (secondary N) is 1. The molecule has 0 fully saturated rings. The first-order valence-corrected chi connectivity index (χ1v) is 5.33. The van der Waals surface area contributed by atoms with Gasteiger partial charge in [-0.1, -0.05) is 13.8 Å². The molecule has 1 atom stereocenters. The quantitative estimate of drug-likeness (QED) is 0.838. The first kappa shape index (κ1) is 12.9. The van der Waals surface area contributed by atoms with E-state index in [1.54, 1.807) is 0 Å². The first-order valence-electron chi connectivity index (χ1n) is 5.33. The van der Waals surface area contributed by atoms with Crippen LogP contribution in [0.4, 0.5) is 8.78 Å². The van der Waals surface area contributed by atoms with Gasteiger partial charge in [0.1, 0.15) is 12.4 Å². The van der Waals surface area contributed by atoms with Gasteiger partial charge in [-0.2, -0.15) is 0 Å². The lowest BCUT2D eigenvalue weighted by Crippen LogP contribution is -2.36. The highest BCUT2D eigenvalue weighted by atomic mass is 19.1. The van der Waals surface area contributed by atoms with Gasteiger partial charge in [-0.15, -0.1) is 0 Å². The van der Waals surface area contributed by atoms with Crippen molar-refractivity contribution in [3.8, 4) is 5.75 Å². The van der Waals surface area contributed by atoms with Crippen LogP contribution in [0, 0.1) is 11.6 Å². The lowest BCUT2D eigenvalue weighted by Gasteiger charge is -2.17. The van der Waals surface area contributed by atoms with Gasteiger partial charge in [0.25, 0.3) is 0 Å². The molecule has 4 heteroatoms. The molecule has 0 saturated carbocycles. The van der Waals surface area contributed by atoms with Gasteiger partial charge in [-0.25, -0.2) is 8.78 Å². The summed E-state index contributed by atoms with van der Waals surface area (Å²) < 4.78 is 31.0. The summed E-state index contributed by atoms with van der Waals surface area (Å²) in [6.45, 7) is 6.34. The second kappa shape index (κ2) is 5.80. The second-order valence-electron chi connectivity index (χ2n) is 4.11. The third-order valence-corrected chi connectivity index (χ3v) is 2.00. The van der Waals surface area contributed by atoms with Crippen LogP contribution in [0.3, 0.4) is 0 Å². The second-order valence-corrected chi connectivity index (χ2v) is 4.11. The van der Waals surface area contributed by atoms with E-state index < -0.39 is 11.6 Å². The average Bonchev–Trinajstić information content (AvgIpc) is 2.15. The molecule has 0 aliphatic carbocycles. The predicted octanol–water partition coefficient (Wildman–Crippen LogP) is 2.73. The molecule has 0 radical (unpaired) electrons. The Balaban J connectivity index is 2.48. The Bertz CT molecular complexity index is 342. The molecular formula is C12H17F2NO. The molecule has 90 valence electrons. The predicted molar refractivity (Wildman–Crippen MR) is 59.6 cm³/mol. The lowest BCUT2D eigenvalue weighted by atomic mass is 10.3. The number of hydrogen-bond donors (Lipinski definition) is 1. The summed E-state index contributed by atoms with van der Waals surface area (Å²) in [4.78, 5) is 0. The largest absolute Gasteiger partial charge is 0.489 e. The molecule has 1 aromatic rings. The molecule has 2 nitrogen and oxygen atoms in total. The Morgan fingerprint density at radius 1 is 1.25 bits per heavy atom. The van der Waals surface area contributed by atoms with Crippen LogP contribution in [-0.4, -0.2) is 18.7 Å². The van der Waals surface area contributed by atoms with Crippen LogP contribution in [0.2, 0.25) is 0 Å². The van der Waals surface area contributed by atoms with Gasteiger partial charge < -0.3 is 10.1 Å². The summed E-state index contributed by atoms with van der Waals surface area (Å²) in [5.41, 5.74) is 0. The van der Waals surface area contributed by atoms with E-state index >= 15 is 0 Å². The fourth-order valence-corrected chi connectivity index (χ4v) is 1.42. The Morgan fingerprint density at radius 3 is 2.50 bits per heavy atom. The highest BCUT2D eigenvalue weighted by molar-refractivity contribution is 5.24. The standard InChI is InChI=1S/C12H17F2NO/c1-8(2)15-9(3)7-16-12-5-4-10(13)6-11(12)14/h4-6,8-9,15H,7H2,1-3H3. The molecule has 1 aromatic carbocycles. The van der Waals surface area contributed by atoms with Crippen molar-refractivity contribution in [3.05, 3.63) is 29.8 Å². The molecule has 0 aliphatic rings. The van der Waals surface area contributed by atoms with Gasteiger partial charge in [0.15, 0.2) is 11.6 Å². The van der Waals surface area contributed by atoms with Crippen molar-refractivity contribution in [1.29, 1.82) is 0 Å². The molecule has 1 unspecified atom stereocenters. The van der Waals surface area contributed by atoms with Crippen LogP contribution in [0.25, 0.3) is 0 Å². The minimum Gasteiger partial charge on any atom is -0.489 e. The van der Waals surface area contributed by atoms with Crippen LogP contribution in [0.1, 0.15) is 20.8 Å². The maximum Gasteiger partial charge on any atom is 0.167 e. The number of benzene rings is 1. The molecule has 1 N–H and O–H groups in total. The maximum absolute atomic E-state index is 13.2. The van der Waals surface area contributed by atoms with Gasteiger partial charge >= 0.3 is 0 Å². The van der Waals surface area contributed by atoms with Gasteiger partial charge in [0.2, 0.25) is 0 Å². The van der Waals surface area contributed by atoms with Crippen LogP contribution in [-0.2, 0) is 0 Å². The Hall–Kier alpha value is -1.16. The van der Waals surface area contributed by atoms with Crippen molar-refractivity contribution in [2.75, 3.05) is 6.61 Å². The molecule has 0 saturated heterocycles. The molecule has 0 heterocycles. The Labute approximate surface area is 94.6 Å². The van der Waals surface area contributed by atoms with Crippen LogP contribution >= 0.6 is 0 Å². The molecule has 0 amide bonds. The fraction of sp³-hybridized carbons (Fsp3) is 0.500. The molecule has 1 rings (SSSR count). The van der Waals surface area contributed by atoms with E-state index in [2.05, 4.69) is 5.32 Å². The number of rotatable bonds is 5. The van der Waals surface area contributed by atoms with E-state index in [1.165, 1.54) is 12.1 Å². The van der Waals surface area contributed by atoms with E-state index in [0.29, 0.717) is 12.6 Å². The molecule has 0 aromatic heterocycles. The van der Waals surface area contributed by atoms with E-state index in [-0.39, 0.29) is 11.8 Å². The molecular weight excluding hydrogens is 212 g/mol. The molecule has 0 bridgehead atoms. The fourth-order valence-electron chi connectivity index (χ4n) is 1.42. The normalized spacial score (nSPS) is 12.9. The molecule has 0 spiro atoms. The highest BCUT2D eigenvalue weighted by Gasteiger charge is 2.08. The van der Waals surface area contributed by atoms with Crippen molar-refractivity contribution in [1.82, 2.24) is 5.32 Å². The molecule has 0 aliphatic heterocycles.